The van der Waals surface area contributed by atoms with Crippen molar-refractivity contribution in [2.75, 3.05) is 13.6 Å². The molecule has 1 aromatic heterocycles. The van der Waals surface area contributed by atoms with Gasteiger partial charge in [-0.2, -0.15) is 5.10 Å². The summed E-state index contributed by atoms with van der Waals surface area (Å²) in [6.45, 7) is 3.09. The van der Waals surface area contributed by atoms with Crippen molar-refractivity contribution in [2.24, 2.45) is 12.0 Å². The molecule has 0 spiro atoms. The fourth-order valence-electron chi connectivity index (χ4n) is 2.88. The van der Waals surface area contributed by atoms with E-state index in [1.807, 2.05) is 25.9 Å². The predicted molar refractivity (Wildman–Crippen MR) is 91.1 cm³/mol. The quantitative estimate of drug-likeness (QED) is 0.664. The van der Waals surface area contributed by atoms with E-state index in [-0.39, 0.29) is 17.5 Å². The first kappa shape index (κ1) is 17.3. The van der Waals surface area contributed by atoms with Gasteiger partial charge in [0.2, 0.25) is 0 Å². The lowest BCUT2D eigenvalue weighted by Gasteiger charge is -2.22. The lowest BCUT2D eigenvalue weighted by molar-refractivity contribution is 0.446. The number of benzene rings is 1. The van der Waals surface area contributed by atoms with Crippen LogP contribution in [0.3, 0.4) is 0 Å². The van der Waals surface area contributed by atoms with Crippen molar-refractivity contribution in [1.29, 1.82) is 0 Å². The van der Waals surface area contributed by atoms with Crippen molar-refractivity contribution in [3.8, 4) is 0 Å². The van der Waals surface area contributed by atoms with Crippen LogP contribution in [0.2, 0.25) is 0 Å². The summed E-state index contributed by atoms with van der Waals surface area (Å²) < 4.78 is 29.6. The zero-order chi connectivity index (χ0) is 18.0. The van der Waals surface area contributed by atoms with Crippen molar-refractivity contribution < 1.29 is 8.78 Å². The van der Waals surface area contributed by atoms with Crippen LogP contribution in [-0.4, -0.2) is 45.3 Å². The van der Waals surface area contributed by atoms with E-state index in [1.54, 1.807) is 4.68 Å². The SMILES string of the molecule is CCN=C(NC1CC1c1c(F)cccc1F)N(C)Cc1ncnn1C. The second-order valence-corrected chi connectivity index (χ2v) is 6.18. The van der Waals surface area contributed by atoms with Gasteiger partial charge in [0.05, 0.1) is 6.54 Å². The van der Waals surface area contributed by atoms with Gasteiger partial charge in [-0.25, -0.2) is 13.8 Å². The summed E-state index contributed by atoms with van der Waals surface area (Å²) >= 11 is 0. The maximum atomic E-state index is 13.9. The highest BCUT2D eigenvalue weighted by Gasteiger charge is 2.42. The van der Waals surface area contributed by atoms with Gasteiger partial charge in [-0.05, 0) is 25.5 Å². The van der Waals surface area contributed by atoms with Crippen LogP contribution in [0.4, 0.5) is 8.78 Å². The summed E-state index contributed by atoms with van der Waals surface area (Å²) in [4.78, 5) is 10.6. The van der Waals surface area contributed by atoms with Gasteiger partial charge in [-0.3, -0.25) is 9.67 Å². The number of aliphatic imine (C=N–C) groups is 1. The van der Waals surface area contributed by atoms with Crippen LogP contribution in [0.5, 0.6) is 0 Å². The number of hydrogen-bond donors (Lipinski definition) is 1. The Balaban J connectivity index is 1.67. The summed E-state index contributed by atoms with van der Waals surface area (Å²) in [6, 6.07) is 3.96. The lowest BCUT2D eigenvalue weighted by Crippen LogP contribution is -2.40. The van der Waals surface area contributed by atoms with Gasteiger partial charge >= 0.3 is 0 Å². The Labute approximate surface area is 145 Å². The van der Waals surface area contributed by atoms with Crippen LogP contribution >= 0.6 is 0 Å². The van der Waals surface area contributed by atoms with Crippen LogP contribution in [0.1, 0.15) is 30.7 Å². The predicted octanol–water partition coefficient (Wildman–Crippen LogP) is 2.05. The molecule has 134 valence electrons. The average Bonchev–Trinajstić information content (AvgIpc) is 3.20. The minimum atomic E-state index is -0.490. The Morgan fingerprint density at radius 2 is 2.12 bits per heavy atom. The second kappa shape index (κ2) is 7.16. The maximum absolute atomic E-state index is 13.9. The van der Waals surface area contributed by atoms with Crippen LogP contribution < -0.4 is 5.32 Å². The summed E-state index contributed by atoms with van der Waals surface area (Å²) in [7, 11) is 3.73. The molecular weight excluding hydrogens is 326 g/mol. The van der Waals surface area contributed by atoms with Crippen molar-refractivity contribution in [3.63, 3.8) is 0 Å². The van der Waals surface area contributed by atoms with E-state index in [9.17, 15) is 8.78 Å². The van der Waals surface area contributed by atoms with Gasteiger partial charge in [0.15, 0.2) is 5.96 Å². The molecule has 1 heterocycles. The molecule has 0 amide bonds. The molecule has 1 fully saturated rings. The fraction of sp³-hybridized carbons (Fsp3) is 0.471. The van der Waals surface area contributed by atoms with Crippen LogP contribution in [0.15, 0.2) is 29.5 Å². The van der Waals surface area contributed by atoms with Gasteiger partial charge in [-0.15, -0.1) is 0 Å². The molecule has 3 rings (SSSR count). The van der Waals surface area contributed by atoms with Gasteiger partial charge in [0, 0.05) is 38.2 Å². The van der Waals surface area contributed by atoms with E-state index >= 15 is 0 Å². The number of guanidine groups is 1. The Bertz CT molecular complexity index is 752. The molecule has 8 heteroatoms. The largest absolute Gasteiger partial charge is 0.353 e. The molecule has 1 N–H and O–H groups in total. The van der Waals surface area contributed by atoms with Crippen molar-refractivity contribution >= 4 is 5.96 Å². The second-order valence-electron chi connectivity index (χ2n) is 6.18. The third kappa shape index (κ3) is 3.78. The minimum absolute atomic E-state index is 0.0290. The summed E-state index contributed by atoms with van der Waals surface area (Å²) in [5.41, 5.74) is 0.159. The van der Waals surface area contributed by atoms with Crippen molar-refractivity contribution in [2.45, 2.75) is 31.8 Å². The number of aryl methyl sites for hydroxylation is 1. The maximum Gasteiger partial charge on any atom is 0.194 e. The first-order valence-corrected chi connectivity index (χ1v) is 8.30. The molecule has 1 aromatic carbocycles. The van der Waals surface area contributed by atoms with Gasteiger partial charge < -0.3 is 10.2 Å². The molecule has 0 aliphatic heterocycles. The average molecular weight is 348 g/mol. The Kier molecular flexibility index (Phi) is 4.96. The molecular formula is C17H22F2N6. The lowest BCUT2D eigenvalue weighted by atomic mass is 10.1. The zero-order valence-corrected chi connectivity index (χ0v) is 14.6. The highest BCUT2D eigenvalue weighted by molar-refractivity contribution is 5.80. The number of nitrogens with zero attached hydrogens (tertiary/aromatic N) is 5. The standard InChI is InChI=1S/C17H22F2N6/c1-4-20-17(24(2)9-15-21-10-22-25(15)3)23-14-8-11(14)16-12(18)6-5-7-13(16)19/h5-7,10-11,14H,4,8-9H2,1-3H3,(H,20,23). The third-order valence-corrected chi connectivity index (χ3v) is 4.33. The van der Waals surface area contributed by atoms with E-state index in [4.69, 9.17) is 0 Å². The van der Waals surface area contributed by atoms with Crippen molar-refractivity contribution in [3.05, 3.63) is 47.5 Å². The van der Waals surface area contributed by atoms with Gasteiger partial charge in [-0.1, -0.05) is 6.07 Å². The van der Waals surface area contributed by atoms with E-state index in [0.717, 1.165) is 5.82 Å². The summed E-state index contributed by atoms with van der Waals surface area (Å²) in [6.07, 6.45) is 2.18. The molecule has 25 heavy (non-hydrogen) atoms. The molecule has 2 aromatic rings. The molecule has 2 atom stereocenters. The summed E-state index contributed by atoms with van der Waals surface area (Å²) in [5.74, 6) is 0.341. The summed E-state index contributed by atoms with van der Waals surface area (Å²) in [5, 5.41) is 7.37. The molecule has 0 saturated heterocycles. The Morgan fingerprint density at radius 1 is 1.40 bits per heavy atom. The monoisotopic (exact) mass is 348 g/mol. The third-order valence-electron chi connectivity index (χ3n) is 4.33. The Morgan fingerprint density at radius 3 is 2.72 bits per heavy atom. The van der Waals surface area contributed by atoms with Crippen molar-refractivity contribution in [1.82, 2.24) is 25.0 Å². The van der Waals surface area contributed by atoms with Gasteiger partial charge in [0.1, 0.15) is 23.8 Å². The smallest absolute Gasteiger partial charge is 0.194 e. The number of nitrogens with one attached hydrogen (secondary N) is 1. The van der Waals surface area contributed by atoms with Crippen LogP contribution in [0.25, 0.3) is 0 Å². The number of halogens is 2. The fourth-order valence-corrected chi connectivity index (χ4v) is 2.88. The van der Waals surface area contributed by atoms with E-state index in [2.05, 4.69) is 20.4 Å². The molecule has 2 unspecified atom stereocenters. The van der Waals surface area contributed by atoms with E-state index in [0.29, 0.717) is 25.5 Å². The first-order chi connectivity index (χ1) is 12.0. The molecule has 1 saturated carbocycles. The normalized spacial score (nSPS) is 19.8. The molecule has 0 bridgehead atoms. The number of rotatable bonds is 5. The Hall–Kier alpha value is -2.51. The molecule has 1 aliphatic carbocycles. The highest BCUT2D eigenvalue weighted by Crippen LogP contribution is 2.43. The molecule has 1 aliphatic rings. The highest BCUT2D eigenvalue weighted by atomic mass is 19.1. The molecule has 0 radical (unpaired) electrons. The minimum Gasteiger partial charge on any atom is -0.353 e. The first-order valence-electron chi connectivity index (χ1n) is 8.30. The number of hydrogen-bond acceptors (Lipinski definition) is 3. The topological polar surface area (TPSA) is 58.3 Å². The van der Waals surface area contributed by atoms with E-state index in [1.165, 1.54) is 24.5 Å². The van der Waals surface area contributed by atoms with E-state index < -0.39 is 11.6 Å². The molecule has 6 nitrogen and oxygen atoms in total. The van der Waals surface area contributed by atoms with Crippen LogP contribution in [0, 0.1) is 11.6 Å². The van der Waals surface area contributed by atoms with Gasteiger partial charge in [0.25, 0.3) is 0 Å². The van der Waals surface area contributed by atoms with Crippen LogP contribution in [-0.2, 0) is 13.6 Å². The number of aromatic nitrogens is 3. The zero-order valence-electron chi connectivity index (χ0n) is 14.6.